The molecule has 1 aliphatic heterocycles. The number of nitrogens with zero attached hydrogens (tertiary/aromatic N) is 1. The molecular weight excluding hydrogens is 382 g/mol. The summed E-state index contributed by atoms with van der Waals surface area (Å²) < 4.78 is 31.4. The minimum atomic E-state index is -0.935. The van der Waals surface area contributed by atoms with Crippen LogP contribution in [0, 0.1) is 31.4 Å². The lowest BCUT2D eigenvalue weighted by atomic mass is 10.1. The van der Waals surface area contributed by atoms with Gasteiger partial charge in [-0.3, -0.25) is 14.4 Å². The van der Waals surface area contributed by atoms with E-state index in [1.54, 1.807) is 4.90 Å². The number of anilines is 2. The molecule has 2 aromatic carbocycles. The topological polar surface area (TPSA) is 75.7 Å². The molecule has 1 heterocycles. The molecule has 0 saturated carbocycles. The van der Waals surface area contributed by atoms with Gasteiger partial charge in [-0.05, 0) is 43.2 Å². The Morgan fingerprint density at radius 3 is 2.69 bits per heavy atom. The maximum Gasteiger partial charge on any atom is 0.311 e. The van der Waals surface area contributed by atoms with Gasteiger partial charge in [0.1, 0.15) is 11.6 Å². The van der Waals surface area contributed by atoms with Gasteiger partial charge in [-0.15, -0.1) is 0 Å². The summed E-state index contributed by atoms with van der Waals surface area (Å²) in [6.45, 7) is 3.37. The second kappa shape index (κ2) is 8.38. The van der Waals surface area contributed by atoms with Crippen molar-refractivity contribution in [3.8, 4) is 0 Å². The molecule has 3 rings (SSSR count). The van der Waals surface area contributed by atoms with Crippen LogP contribution in [0.2, 0.25) is 0 Å². The Balaban J connectivity index is 1.56. The lowest BCUT2D eigenvalue weighted by molar-refractivity contribution is -0.151. The van der Waals surface area contributed by atoms with Crippen LogP contribution in [0.25, 0.3) is 0 Å². The molecule has 0 radical (unpaired) electrons. The summed E-state index contributed by atoms with van der Waals surface area (Å²) in [7, 11) is 0. The number of amides is 2. The summed E-state index contributed by atoms with van der Waals surface area (Å²) in [5, 5.41) is 2.21. The van der Waals surface area contributed by atoms with Crippen LogP contribution in [0.1, 0.15) is 17.5 Å². The molecule has 1 N–H and O–H groups in total. The zero-order valence-electron chi connectivity index (χ0n) is 16.0. The second-order valence-electron chi connectivity index (χ2n) is 6.90. The monoisotopic (exact) mass is 402 g/mol. The average Bonchev–Trinajstić information content (AvgIpc) is 3.06. The Hall–Kier alpha value is -3.29. The van der Waals surface area contributed by atoms with Crippen molar-refractivity contribution in [3.05, 3.63) is 59.2 Å². The first kappa shape index (κ1) is 20.4. The van der Waals surface area contributed by atoms with E-state index < -0.39 is 36.0 Å². The number of carbonyl (C=O) groups is 3. The average molecular weight is 402 g/mol. The van der Waals surface area contributed by atoms with Gasteiger partial charge in [0.25, 0.3) is 5.91 Å². The van der Waals surface area contributed by atoms with E-state index in [1.807, 2.05) is 32.0 Å². The molecule has 1 fully saturated rings. The molecule has 0 aliphatic carbocycles. The number of aryl methyl sites for hydroxylation is 1. The molecule has 2 aromatic rings. The predicted molar refractivity (Wildman–Crippen MR) is 102 cm³/mol. The lowest BCUT2D eigenvalue weighted by Crippen LogP contribution is -2.28. The minimum Gasteiger partial charge on any atom is -0.455 e. The SMILES string of the molecule is Cc1cccc(N2C[C@@H](C(=O)OCC(=O)Nc3ccc(F)cc3F)CC2=O)c1C. The highest BCUT2D eigenvalue weighted by Gasteiger charge is 2.37. The van der Waals surface area contributed by atoms with Gasteiger partial charge in [-0.25, -0.2) is 8.78 Å². The summed E-state index contributed by atoms with van der Waals surface area (Å²) in [6, 6.07) is 8.30. The fourth-order valence-electron chi connectivity index (χ4n) is 3.16. The van der Waals surface area contributed by atoms with E-state index in [1.165, 1.54) is 0 Å². The predicted octanol–water partition coefficient (Wildman–Crippen LogP) is 3.12. The number of hydrogen-bond donors (Lipinski definition) is 1. The molecule has 1 saturated heterocycles. The third-order valence-corrected chi connectivity index (χ3v) is 4.88. The summed E-state index contributed by atoms with van der Waals surface area (Å²) in [4.78, 5) is 38.1. The van der Waals surface area contributed by atoms with Gasteiger partial charge in [-0.1, -0.05) is 12.1 Å². The summed E-state index contributed by atoms with van der Waals surface area (Å²) in [5.74, 6) is -4.04. The van der Waals surface area contributed by atoms with Crippen molar-refractivity contribution < 1.29 is 27.9 Å². The maximum atomic E-state index is 13.6. The molecule has 29 heavy (non-hydrogen) atoms. The van der Waals surface area contributed by atoms with E-state index in [4.69, 9.17) is 4.74 Å². The van der Waals surface area contributed by atoms with E-state index in [9.17, 15) is 23.2 Å². The first-order valence-electron chi connectivity index (χ1n) is 9.04. The number of hydrogen-bond acceptors (Lipinski definition) is 4. The third kappa shape index (κ3) is 4.59. The molecule has 8 heteroatoms. The van der Waals surface area contributed by atoms with Crippen LogP contribution in [0.3, 0.4) is 0 Å². The van der Waals surface area contributed by atoms with Crippen LogP contribution >= 0.6 is 0 Å². The van der Waals surface area contributed by atoms with E-state index in [-0.39, 0.29) is 24.6 Å². The highest BCUT2D eigenvalue weighted by atomic mass is 19.1. The Labute approximate surface area is 166 Å². The van der Waals surface area contributed by atoms with Gasteiger partial charge in [0.05, 0.1) is 11.6 Å². The number of esters is 1. The van der Waals surface area contributed by atoms with Crippen molar-refractivity contribution >= 4 is 29.2 Å². The van der Waals surface area contributed by atoms with Gasteiger partial charge in [0, 0.05) is 24.7 Å². The highest BCUT2D eigenvalue weighted by molar-refractivity contribution is 6.00. The number of carbonyl (C=O) groups excluding carboxylic acids is 3. The molecule has 1 atom stereocenters. The molecule has 2 amide bonds. The standard InChI is InChI=1S/C21H20F2N2O4/c1-12-4-3-5-18(13(12)2)25-10-14(8-20(25)27)21(28)29-11-19(26)24-17-7-6-15(22)9-16(17)23/h3-7,9,14H,8,10-11H2,1-2H3,(H,24,26)/t14-/m0/s1. The first-order valence-corrected chi connectivity index (χ1v) is 9.04. The van der Waals surface area contributed by atoms with Crippen molar-refractivity contribution in [1.82, 2.24) is 0 Å². The normalized spacial score (nSPS) is 16.1. The summed E-state index contributed by atoms with van der Waals surface area (Å²) in [6.07, 6.45) is -0.0135. The number of ether oxygens (including phenoxy) is 1. The molecule has 152 valence electrons. The van der Waals surface area contributed by atoms with Gasteiger partial charge in [0.15, 0.2) is 6.61 Å². The Morgan fingerprint density at radius 2 is 1.97 bits per heavy atom. The van der Waals surface area contributed by atoms with Crippen molar-refractivity contribution in [2.45, 2.75) is 20.3 Å². The number of halogens is 2. The van der Waals surface area contributed by atoms with E-state index in [0.717, 1.165) is 28.9 Å². The first-order chi connectivity index (χ1) is 13.8. The van der Waals surface area contributed by atoms with Crippen molar-refractivity contribution in [1.29, 1.82) is 0 Å². The maximum absolute atomic E-state index is 13.6. The highest BCUT2D eigenvalue weighted by Crippen LogP contribution is 2.29. The Bertz CT molecular complexity index is 977. The summed E-state index contributed by atoms with van der Waals surface area (Å²) in [5.41, 5.74) is 2.51. The summed E-state index contributed by atoms with van der Waals surface area (Å²) >= 11 is 0. The number of rotatable bonds is 5. The second-order valence-corrected chi connectivity index (χ2v) is 6.90. The molecule has 6 nitrogen and oxygen atoms in total. The molecule has 1 aliphatic rings. The zero-order valence-corrected chi connectivity index (χ0v) is 16.0. The van der Waals surface area contributed by atoms with Crippen molar-refractivity contribution in [2.75, 3.05) is 23.4 Å². The quantitative estimate of drug-likeness (QED) is 0.780. The van der Waals surface area contributed by atoms with Gasteiger partial charge in [-0.2, -0.15) is 0 Å². The van der Waals surface area contributed by atoms with Crippen LogP contribution in [0.5, 0.6) is 0 Å². The molecule has 0 bridgehead atoms. The minimum absolute atomic E-state index is 0.0135. The van der Waals surface area contributed by atoms with Crippen LogP contribution < -0.4 is 10.2 Å². The van der Waals surface area contributed by atoms with Crippen LogP contribution in [-0.2, 0) is 19.1 Å². The molecule has 0 spiro atoms. The molecule has 0 unspecified atom stereocenters. The van der Waals surface area contributed by atoms with Crippen LogP contribution in [0.15, 0.2) is 36.4 Å². The van der Waals surface area contributed by atoms with E-state index in [2.05, 4.69) is 5.32 Å². The zero-order chi connectivity index (χ0) is 21.1. The number of benzene rings is 2. The van der Waals surface area contributed by atoms with E-state index in [0.29, 0.717) is 6.07 Å². The Morgan fingerprint density at radius 1 is 1.21 bits per heavy atom. The van der Waals surface area contributed by atoms with Gasteiger partial charge in [0.2, 0.25) is 5.91 Å². The smallest absolute Gasteiger partial charge is 0.311 e. The Kier molecular flexibility index (Phi) is 5.91. The fraction of sp³-hybridized carbons (Fsp3) is 0.286. The van der Waals surface area contributed by atoms with E-state index >= 15 is 0 Å². The van der Waals surface area contributed by atoms with Gasteiger partial charge >= 0.3 is 5.97 Å². The molecular formula is C21H20F2N2O4. The van der Waals surface area contributed by atoms with Crippen molar-refractivity contribution in [2.24, 2.45) is 5.92 Å². The third-order valence-electron chi connectivity index (χ3n) is 4.88. The van der Waals surface area contributed by atoms with Crippen molar-refractivity contribution in [3.63, 3.8) is 0 Å². The molecule has 0 aromatic heterocycles. The number of nitrogens with one attached hydrogen (secondary N) is 1. The largest absolute Gasteiger partial charge is 0.455 e. The lowest BCUT2D eigenvalue weighted by Gasteiger charge is -2.20. The fourth-order valence-corrected chi connectivity index (χ4v) is 3.16. The van der Waals surface area contributed by atoms with Crippen LogP contribution in [0.4, 0.5) is 20.2 Å². The van der Waals surface area contributed by atoms with Gasteiger partial charge < -0.3 is 15.0 Å². The van der Waals surface area contributed by atoms with Crippen LogP contribution in [-0.4, -0.2) is 30.9 Å².